The van der Waals surface area contributed by atoms with Gasteiger partial charge in [-0.3, -0.25) is 15.6 Å². The van der Waals surface area contributed by atoms with Crippen LogP contribution in [0, 0.1) is 16.7 Å². The summed E-state index contributed by atoms with van der Waals surface area (Å²) in [6, 6.07) is 16.3. The summed E-state index contributed by atoms with van der Waals surface area (Å²) < 4.78 is 0. The quantitative estimate of drug-likeness (QED) is 0.341. The molecule has 0 unspecified atom stereocenters. The summed E-state index contributed by atoms with van der Waals surface area (Å²) >= 11 is 0. The summed E-state index contributed by atoms with van der Waals surface area (Å²) in [7, 11) is 0. The highest BCUT2D eigenvalue weighted by Gasteiger charge is 2.08. The van der Waals surface area contributed by atoms with Gasteiger partial charge in [0.05, 0.1) is 5.69 Å². The Morgan fingerprint density at radius 2 is 2.00 bits per heavy atom. The second kappa shape index (κ2) is 7.00. The number of ketones is 1. The topological polar surface area (TPSA) is 115 Å². The Morgan fingerprint density at radius 3 is 2.65 bits per heavy atom. The number of para-hydroxylation sites is 1. The van der Waals surface area contributed by atoms with Gasteiger partial charge >= 0.3 is 0 Å². The predicted molar refractivity (Wildman–Crippen MR) is 90.5 cm³/mol. The number of hydrogen-bond donors (Lipinski definition) is 3. The zero-order valence-corrected chi connectivity index (χ0v) is 12.5. The van der Waals surface area contributed by atoms with E-state index in [4.69, 9.17) is 16.4 Å². The number of nitrogens with zero attached hydrogens (tertiary/aromatic N) is 2. The molecule has 0 saturated heterocycles. The van der Waals surface area contributed by atoms with E-state index in [1.54, 1.807) is 24.3 Å². The van der Waals surface area contributed by atoms with Gasteiger partial charge in [-0.15, -0.1) is 0 Å². The average Bonchev–Trinajstić information content (AvgIpc) is 2.55. The third-order valence-corrected chi connectivity index (χ3v) is 3.16. The van der Waals surface area contributed by atoms with Crippen LogP contribution in [0.3, 0.4) is 0 Å². The highest BCUT2D eigenvalue weighted by atomic mass is 16.1. The summed E-state index contributed by atoms with van der Waals surface area (Å²) in [5, 5.41) is 20.0. The van der Waals surface area contributed by atoms with Crippen molar-refractivity contribution >= 4 is 23.0 Å². The summed E-state index contributed by atoms with van der Waals surface area (Å²) in [6.07, 6.45) is 0. The molecule has 0 aromatic heterocycles. The SMILES string of the molecule is CC(=O)c1cccc(-c2ccccc2N/N=C(\C#N)C(=N)N)c1. The molecule has 4 N–H and O–H groups in total. The third kappa shape index (κ3) is 3.80. The van der Waals surface area contributed by atoms with E-state index in [-0.39, 0.29) is 11.5 Å². The van der Waals surface area contributed by atoms with E-state index < -0.39 is 5.84 Å². The standard InChI is InChI=1S/C17H15N5O/c1-11(23)12-5-4-6-13(9-12)14-7-2-3-8-15(14)21-22-16(10-18)17(19)20/h2-9,21H,1H3,(H3,19,20)/b22-16+. The van der Waals surface area contributed by atoms with E-state index >= 15 is 0 Å². The smallest absolute Gasteiger partial charge is 0.201 e. The Labute approximate surface area is 133 Å². The minimum absolute atomic E-state index is 0.0151. The summed E-state index contributed by atoms with van der Waals surface area (Å²) in [5.74, 6) is -0.422. The van der Waals surface area contributed by atoms with E-state index in [1.807, 2.05) is 30.3 Å². The van der Waals surface area contributed by atoms with Gasteiger partial charge in [0.1, 0.15) is 6.07 Å². The molecular formula is C17H15N5O. The molecule has 0 aliphatic rings. The molecule has 0 amide bonds. The summed E-state index contributed by atoms with van der Waals surface area (Å²) in [4.78, 5) is 11.5. The zero-order valence-electron chi connectivity index (χ0n) is 12.5. The molecule has 0 spiro atoms. The van der Waals surface area contributed by atoms with Crippen LogP contribution in [0.25, 0.3) is 11.1 Å². The maximum atomic E-state index is 11.5. The lowest BCUT2D eigenvalue weighted by Crippen LogP contribution is -2.21. The lowest BCUT2D eigenvalue weighted by atomic mass is 10.0. The van der Waals surface area contributed by atoms with Crippen molar-refractivity contribution in [2.45, 2.75) is 6.92 Å². The lowest BCUT2D eigenvalue weighted by Gasteiger charge is -2.10. The fourth-order valence-corrected chi connectivity index (χ4v) is 2.00. The first kappa shape index (κ1) is 15.9. The molecular weight excluding hydrogens is 290 g/mol. The molecule has 6 nitrogen and oxygen atoms in total. The van der Waals surface area contributed by atoms with Gasteiger partial charge in [0.15, 0.2) is 11.6 Å². The molecule has 0 radical (unpaired) electrons. The van der Waals surface area contributed by atoms with Gasteiger partial charge in [-0.25, -0.2) is 0 Å². The Kier molecular flexibility index (Phi) is 4.85. The van der Waals surface area contributed by atoms with Crippen molar-refractivity contribution in [3.8, 4) is 17.2 Å². The maximum Gasteiger partial charge on any atom is 0.201 e. The predicted octanol–water partition coefficient (Wildman–Crippen LogP) is 2.78. The minimum Gasteiger partial charge on any atom is -0.382 e. The van der Waals surface area contributed by atoms with Crippen molar-refractivity contribution in [3.05, 3.63) is 54.1 Å². The number of carbonyl (C=O) groups excluding carboxylic acids is 1. The molecule has 0 bridgehead atoms. The molecule has 2 rings (SSSR count). The first-order chi connectivity index (χ1) is 11.0. The number of amidine groups is 1. The molecule has 2 aromatic rings. The summed E-state index contributed by atoms with van der Waals surface area (Å²) in [6.45, 7) is 1.51. The Hall–Kier alpha value is -3.46. The number of hydrogen-bond acceptors (Lipinski definition) is 5. The van der Waals surface area contributed by atoms with Gasteiger partial charge in [0.25, 0.3) is 0 Å². The first-order valence-corrected chi connectivity index (χ1v) is 6.81. The van der Waals surface area contributed by atoms with Crippen molar-refractivity contribution in [1.29, 1.82) is 10.7 Å². The maximum absolute atomic E-state index is 11.5. The van der Waals surface area contributed by atoms with Crippen molar-refractivity contribution in [2.75, 3.05) is 5.43 Å². The van der Waals surface area contributed by atoms with E-state index in [0.717, 1.165) is 11.1 Å². The number of nitrogens with one attached hydrogen (secondary N) is 2. The van der Waals surface area contributed by atoms with Crippen LogP contribution in [-0.2, 0) is 0 Å². The van der Waals surface area contributed by atoms with E-state index in [1.165, 1.54) is 6.92 Å². The van der Waals surface area contributed by atoms with Gasteiger partial charge < -0.3 is 5.73 Å². The number of Topliss-reactive ketones (excluding diaryl/α,β-unsaturated/α-hetero) is 1. The molecule has 0 saturated carbocycles. The average molecular weight is 305 g/mol. The monoisotopic (exact) mass is 305 g/mol. The van der Waals surface area contributed by atoms with Crippen LogP contribution < -0.4 is 11.2 Å². The van der Waals surface area contributed by atoms with Crippen molar-refractivity contribution < 1.29 is 4.79 Å². The first-order valence-electron chi connectivity index (χ1n) is 6.81. The van der Waals surface area contributed by atoms with Gasteiger partial charge in [-0.1, -0.05) is 36.4 Å². The molecule has 23 heavy (non-hydrogen) atoms. The molecule has 114 valence electrons. The number of benzene rings is 2. The normalized spacial score (nSPS) is 10.7. The molecule has 0 aliphatic carbocycles. The Bertz CT molecular complexity index is 833. The number of nitriles is 1. The Morgan fingerprint density at radius 1 is 1.26 bits per heavy atom. The van der Waals surface area contributed by atoms with Crippen molar-refractivity contribution in [1.82, 2.24) is 0 Å². The number of rotatable bonds is 5. The fourth-order valence-electron chi connectivity index (χ4n) is 2.00. The number of anilines is 1. The van der Waals surface area contributed by atoms with Crippen LogP contribution in [0.2, 0.25) is 0 Å². The molecule has 0 fully saturated rings. The van der Waals surface area contributed by atoms with E-state index in [9.17, 15) is 4.79 Å². The highest BCUT2D eigenvalue weighted by Crippen LogP contribution is 2.28. The van der Waals surface area contributed by atoms with Crippen LogP contribution >= 0.6 is 0 Å². The molecule has 0 aliphatic heterocycles. The molecule has 0 heterocycles. The Balaban J connectivity index is 2.42. The molecule has 0 atom stereocenters. The fraction of sp³-hybridized carbons (Fsp3) is 0.0588. The van der Waals surface area contributed by atoms with Gasteiger partial charge in [0.2, 0.25) is 5.71 Å². The van der Waals surface area contributed by atoms with Crippen LogP contribution in [0.15, 0.2) is 53.6 Å². The highest BCUT2D eigenvalue weighted by molar-refractivity contribution is 6.45. The van der Waals surface area contributed by atoms with Crippen molar-refractivity contribution in [2.24, 2.45) is 10.8 Å². The minimum atomic E-state index is -0.406. The van der Waals surface area contributed by atoms with Crippen LogP contribution in [0.1, 0.15) is 17.3 Å². The second-order valence-electron chi connectivity index (χ2n) is 4.78. The van der Waals surface area contributed by atoms with Gasteiger partial charge in [0, 0.05) is 11.1 Å². The number of nitrogens with two attached hydrogens (primary N) is 1. The van der Waals surface area contributed by atoms with Crippen LogP contribution in [-0.4, -0.2) is 17.3 Å². The van der Waals surface area contributed by atoms with E-state index in [0.29, 0.717) is 11.3 Å². The van der Waals surface area contributed by atoms with Crippen molar-refractivity contribution in [3.63, 3.8) is 0 Å². The van der Waals surface area contributed by atoms with Crippen LogP contribution in [0.5, 0.6) is 0 Å². The van der Waals surface area contributed by atoms with Gasteiger partial charge in [-0.05, 0) is 24.6 Å². The van der Waals surface area contributed by atoms with E-state index in [2.05, 4.69) is 10.5 Å². The van der Waals surface area contributed by atoms with Crippen LogP contribution in [0.4, 0.5) is 5.69 Å². The third-order valence-electron chi connectivity index (χ3n) is 3.16. The second-order valence-corrected chi connectivity index (χ2v) is 4.78. The van der Waals surface area contributed by atoms with Gasteiger partial charge in [-0.2, -0.15) is 10.4 Å². The largest absolute Gasteiger partial charge is 0.382 e. The number of carbonyl (C=O) groups is 1. The number of hydrazone groups is 1. The molecule has 2 aromatic carbocycles. The summed E-state index contributed by atoms with van der Waals surface area (Å²) in [5.41, 5.74) is 10.7. The lowest BCUT2D eigenvalue weighted by molar-refractivity contribution is 0.101. The zero-order chi connectivity index (χ0) is 16.8. The molecule has 6 heteroatoms.